The average Bonchev–Trinajstić information content (AvgIpc) is 2.99. The van der Waals surface area contributed by atoms with Crippen LogP contribution in [-0.2, 0) is 19.1 Å². The molecule has 6 nitrogen and oxygen atoms in total. The Kier molecular flexibility index (Phi) is 31.6. The van der Waals surface area contributed by atoms with Gasteiger partial charge in [-0.3, -0.25) is 14.4 Å². The van der Waals surface area contributed by atoms with Crippen LogP contribution in [0.4, 0.5) is 0 Å². The molecule has 6 heteroatoms. The molecule has 0 aliphatic carbocycles. The van der Waals surface area contributed by atoms with Gasteiger partial charge in [-0.25, -0.2) is 0 Å². The van der Waals surface area contributed by atoms with Gasteiger partial charge in [-0.1, -0.05) is 129 Å². The van der Waals surface area contributed by atoms with E-state index < -0.39 is 5.97 Å². The molecule has 0 aliphatic heterocycles. The zero-order valence-corrected chi connectivity index (χ0v) is 28.3. The molecule has 1 atom stereocenters. The molecule has 2 N–H and O–H groups in total. The topological polar surface area (TPSA) is 92.7 Å². The summed E-state index contributed by atoms with van der Waals surface area (Å²) in [6, 6.07) is 0. The quantitative estimate of drug-likeness (QED) is 0.0440. The third-order valence-corrected chi connectivity index (χ3v) is 8.19. The largest absolute Gasteiger partial charge is 0.480 e. The van der Waals surface area contributed by atoms with Crippen LogP contribution < -0.4 is 5.32 Å². The minimum Gasteiger partial charge on any atom is -0.480 e. The first-order valence-corrected chi connectivity index (χ1v) is 18.3. The summed E-state index contributed by atoms with van der Waals surface area (Å²) in [5, 5.41) is 11.0. The Bertz CT molecular complexity index is 678. The molecule has 0 aromatic heterocycles. The van der Waals surface area contributed by atoms with Crippen molar-refractivity contribution >= 4 is 17.8 Å². The Morgan fingerprint density at radius 1 is 0.581 bits per heavy atom. The van der Waals surface area contributed by atoms with Gasteiger partial charge in [0.1, 0.15) is 12.6 Å². The number of hydrogen-bond acceptors (Lipinski definition) is 4. The second kappa shape index (κ2) is 33.1. The molecule has 0 saturated carbocycles. The summed E-state index contributed by atoms with van der Waals surface area (Å²) >= 11 is 0. The van der Waals surface area contributed by atoms with Gasteiger partial charge in [-0.2, -0.15) is 0 Å². The van der Waals surface area contributed by atoms with E-state index in [1.54, 1.807) is 0 Å². The molecule has 0 aliphatic rings. The molecule has 1 amide bonds. The summed E-state index contributed by atoms with van der Waals surface area (Å²) in [6.45, 7) is 4.17. The predicted molar refractivity (Wildman–Crippen MR) is 180 cm³/mol. The highest BCUT2D eigenvalue weighted by molar-refractivity contribution is 5.80. The van der Waals surface area contributed by atoms with Gasteiger partial charge < -0.3 is 15.2 Å². The number of amides is 1. The van der Waals surface area contributed by atoms with Crippen molar-refractivity contribution in [3.8, 4) is 0 Å². The van der Waals surface area contributed by atoms with E-state index in [1.165, 1.54) is 109 Å². The Labute approximate surface area is 265 Å². The van der Waals surface area contributed by atoms with Crippen LogP contribution in [0.25, 0.3) is 0 Å². The van der Waals surface area contributed by atoms with Gasteiger partial charge in [0, 0.05) is 12.8 Å². The van der Waals surface area contributed by atoms with Gasteiger partial charge in [0.15, 0.2) is 0 Å². The van der Waals surface area contributed by atoms with E-state index in [-0.39, 0.29) is 24.5 Å². The van der Waals surface area contributed by atoms with Crippen molar-refractivity contribution in [3.63, 3.8) is 0 Å². The molecule has 0 aromatic carbocycles. The number of allylic oxidation sites excluding steroid dienone is 2. The number of carboxylic acid groups (broad SMARTS) is 1. The summed E-state index contributed by atoms with van der Waals surface area (Å²) in [7, 11) is 0. The Balaban J connectivity index is 3.91. The number of hydrogen-bond donors (Lipinski definition) is 2. The number of carboxylic acids is 1. The molecule has 0 spiro atoms. The highest BCUT2D eigenvalue weighted by Gasteiger charge is 2.14. The zero-order valence-electron chi connectivity index (χ0n) is 28.3. The van der Waals surface area contributed by atoms with Gasteiger partial charge in [0.25, 0.3) is 0 Å². The fraction of sp³-hybridized carbons (Fsp3) is 0.865. The fourth-order valence-corrected chi connectivity index (χ4v) is 5.45. The SMILES string of the molecule is CCCCCCCC/C=C\CCCCCCCCCC(=O)OC(CCCCCCC)CCCCCCC(=O)NCC(=O)O. The van der Waals surface area contributed by atoms with E-state index in [0.29, 0.717) is 12.8 Å². The summed E-state index contributed by atoms with van der Waals surface area (Å²) in [5.41, 5.74) is 0. The van der Waals surface area contributed by atoms with E-state index in [4.69, 9.17) is 9.84 Å². The Hall–Kier alpha value is -1.85. The minimum atomic E-state index is -1.02. The first-order chi connectivity index (χ1) is 21.0. The second-order valence-electron chi connectivity index (χ2n) is 12.5. The number of aliphatic carboxylic acids is 1. The van der Waals surface area contributed by atoms with Crippen molar-refractivity contribution in [2.75, 3.05) is 6.54 Å². The molecule has 252 valence electrons. The lowest BCUT2D eigenvalue weighted by Gasteiger charge is -2.18. The van der Waals surface area contributed by atoms with Crippen LogP contribution in [0.5, 0.6) is 0 Å². The smallest absolute Gasteiger partial charge is 0.322 e. The van der Waals surface area contributed by atoms with Gasteiger partial charge >= 0.3 is 11.9 Å². The van der Waals surface area contributed by atoms with E-state index in [1.807, 2.05) is 0 Å². The van der Waals surface area contributed by atoms with Crippen molar-refractivity contribution in [3.05, 3.63) is 12.2 Å². The van der Waals surface area contributed by atoms with Crippen molar-refractivity contribution in [2.24, 2.45) is 0 Å². The maximum Gasteiger partial charge on any atom is 0.322 e. The molecule has 0 aromatic rings. The van der Waals surface area contributed by atoms with Crippen LogP contribution in [0.1, 0.15) is 194 Å². The molecule has 0 radical (unpaired) electrons. The lowest BCUT2D eigenvalue weighted by molar-refractivity contribution is -0.150. The molecule has 0 heterocycles. The summed E-state index contributed by atoms with van der Waals surface area (Å²) in [4.78, 5) is 34.7. The number of nitrogens with one attached hydrogen (secondary N) is 1. The van der Waals surface area contributed by atoms with Gasteiger partial charge in [0.2, 0.25) is 5.91 Å². The van der Waals surface area contributed by atoms with Crippen molar-refractivity contribution in [2.45, 2.75) is 200 Å². The predicted octanol–water partition coefficient (Wildman–Crippen LogP) is 10.6. The van der Waals surface area contributed by atoms with Crippen LogP contribution in [-0.4, -0.2) is 35.6 Å². The number of esters is 1. The molecule has 0 bridgehead atoms. The minimum absolute atomic E-state index is 0.00726. The molecule has 0 saturated heterocycles. The maximum atomic E-state index is 12.6. The van der Waals surface area contributed by atoms with Crippen molar-refractivity contribution in [1.82, 2.24) is 5.32 Å². The second-order valence-corrected chi connectivity index (χ2v) is 12.5. The average molecular weight is 608 g/mol. The van der Waals surface area contributed by atoms with Crippen molar-refractivity contribution in [1.29, 1.82) is 0 Å². The van der Waals surface area contributed by atoms with Gasteiger partial charge in [-0.15, -0.1) is 0 Å². The van der Waals surface area contributed by atoms with E-state index in [9.17, 15) is 14.4 Å². The summed E-state index contributed by atoms with van der Waals surface area (Å²) in [5.74, 6) is -1.27. The first kappa shape index (κ1) is 41.1. The summed E-state index contributed by atoms with van der Waals surface area (Å²) < 4.78 is 5.92. The van der Waals surface area contributed by atoms with Crippen LogP contribution in [0.2, 0.25) is 0 Å². The highest BCUT2D eigenvalue weighted by Crippen LogP contribution is 2.18. The van der Waals surface area contributed by atoms with Crippen LogP contribution >= 0.6 is 0 Å². The standard InChI is InChI=1S/C37H69NO5/c1-3-5-7-9-10-11-12-13-14-15-16-17-18-19-20-22-28-32-37(42)43-34(29-25-21-8-6-4-2)30-26-23-24-27-31-35(39)38-33-36(40)41/h13-14,34H,3-12,15-33H2,1-2H3,(H,38,39)(H,40,41)/b14-13-. The molecule has 1 unspecified atom stereocenters. The van der Waals surface area contributed by atoms with Crippen molar-refractivity contribution < 1.29 is 24.2 Å². The molecular weight excluding hydrogens is 538 g/mol. The van der Waals surface area contributed by atoms with Crippen LogP contribution in [0.15, 0.2) is 12.2 Å². The zero-order chi connectivity index (χ0) is 31.6. The third-order valence-electron chi connectivity index (χ3n) is 8.19. The Morgan fingerprint density at radius 2 is 1.00 bits per heavy atom. The molecule has 43 heavy (non-hydrogen) atoms. The summed E-state index contributed by atoms with van der Waals surface area (Å²) in [6.07, 6.45) is 36.3. The lowest BCUT2D eigenvalue weighted by atomic mass is 10.0. The first-order valence-electron chi connectivity index (χ1n) is 18.3. The maximum absolute atomic E-state index is 12.6. The number of carbonyl (C=O) groups excluding carboxylic acids is 2. The molecule has 0 rings (SSSR count). The van der Waals surface area contributed by atoms with E-state index in [0.717, 1.165) is 57.8 Å². The monoisotopic (exact) mass is 608 g/mol. The Morgan fingerprint density at radius 3 is 1.49 bits per heavy atom. The molecular formula is C37H69NO5. The van der Waals surface area contributed by atoms with Gasteiger partial charge in [0.05, 0.1) is 0 Å². The van der Waals surface area contributed by atoms with E-state index in [2.05, 4.69) is 31.3 Å². The highest BCUT2D eigenvalue weighted by atomic mass is 16.5. The van der Waals surface area contributed by atoms with Gasteiger partial charge in [-0.05, 0) is 64.2 Å². The van der Waals surface area contributed by atoms with E-state index >= 15 is 0 Å². The number of ether oxygens (including phenoxy) is 1. The van der Waals surface area contributed by atoms with Crippen LogP contribution in [0, 0.1) is 0 Å². The normalized spacial score (nSPS) is 12.0. The number of rotatable bonds is 33. The molecule has 0 fully saturated rings. The number of carbonyl (C=O) groups is 3. The number of unbranched alkanes of at least 4 members (excludes halogenated alkanes) is 20. The van der Waals surface area contributed by atoms with Crippen LogP contribution in [0.3, 0.4) is 0 Å². The third kappa shape index (κ3) is 32.9. The fourth-order valence-electron chi connectivity index (χ4n) is 5.45. The lowest BCUT2D eigenvalue weighted by Crippen LogP contribution is -2.28.